The van der Waals surface area contributed by atoms with Crippen molar-refractivity contribution in [1.29, 1.82) is 0 Å². The first-order valence-electron chi connectivity index (χ1n) is 6.42. The number of halogens is 3. The van der Waals surface area contributed by atoms with Crippen LogP contribution in [-0.4, -0.2) is 6.18 Å². The average Bonchev–Trinajstić information content (AvgIpc) is 2.24. The van der Waals surface area contributed by atoms with Crippen LogP contribution in [0.5, 0.6) is 0 Å². The van der Waals surface area contributed by atoms with Crippen molar-refractivity contribution in [2.45, 2.75) is 52.6 Å². The maximum Gasteiger partial charge on any atom is 0.412 e. The molecule has 0 aliphatic rings. The highest BCUT2D eigenvalue weighted by molar-refractivity contribution is 5.11. The Morgan fingerprint density at radius 2 is 1.56 bits per heavy atom. The number of allylic oxidation sites excluding steroid dienone is 6. The van der Waals surface area contributed by atoms with Gasteiger partial charge in [0, 0.05) is 5.57 Å². The molecule has 0 aromatic heterocycles. The molecular formula is C15H23F3. The lowest BCUT2D eigenvalue weighted by Crippen LogP contribution is -2.12. The Balaban J connectivity index is 4.14. The smallest absolute Gasteiger partial charge is 0.166 e. The molecule has 0 fully saturated rings. The highest BCUT2D eigenvalue weighted by Gasteiger charge is 2.32. The number of hydrogen-bond donors (Lipinski definition) is 0. The van der Waals surface area contributed by atoms with E-state index < -0.39 is 11.7 Å². The maximum atomic E-state index is 12.7. The van der Waals surface area contributed by atoms with E-state index in [1.54, 1.807) is 13.8 Å². The number of rotatable bonds is 7. The zero-order valence-corrected chi connectivity index (χ0v) is 11.4. The summed E-state index contributed by atoms with van der Waals surface area (Å²) < 4.78 is 38.0. The molecule has 18 heavy (non-hydrogen) atoms. The van der Waals surface area contributed by atoms with Gasteiger partial charge in [0.05, 0.1) is 0 Å². The Labute approximate surface area is 108 Å². The lowest BCUT2D eigenvalue weighted by atomic mass is 10.0. The molecule has 0 bridgehead atoms. The summed E-state index contributed by atoms with van der Waals surface area (Å²) in [4.78, 5) is 0. The van der Waals surface area contributed by atoms with E-state index in [0.29, 0.717) is 6.42 Å². The highest BCUT2D eigenvalue weighted by atomic mass is 19.4. The Bertz CT molecular complexity index is 293. The minimum atomic E-state index is -4.19. The highest BCUT2D eigenvalue weighted by Crippen LogP contribution is 2.30. The van der Waals surface area contributed by atoms with Gasteiger partial charge in [-0.25, -0.2) is 0 Å². The maximum absolute atomic E-state index is 12.7. The fraction of sp³-hybridized carbons (Fsp3) is 0.600. The Morgan fingerprint density at radius 1 is 1.00 bits per heavy atom. The first kappa shape index (κ1) is 17.0. The molecule has 0 saturated heterocycles. The van der Waals surface area contributed by atoms with Crippen molar-refractivity contribution in [1.82, 2.24) is 0 Å². The van der Waals surface area contributed by atoms with Crippen LogP contribution in [0, 0.1) is 5.92 Å². The molecule has 0 atom stereocenters. The van der Waals surface area contributed by atoms with Crippen molar-refractivity contribution in [3.05, 3.63) is 36.0 Å². The van der Waals surface area contributed by atoms with Crippen molar-refractivity contribution in [3.8, 4) is 0 Å². The van der Waals surface area contributed by atoms with Crippen molar-refractivity contribution in [2.75, 3.05) is 0 Å². The molecule has 104 valence electrons. The van der Waals surface area contributed by atoms with Crippen LogP contribution < -0.4 is 0 Å². The second-order valence-corrected chi connectivity index (χ2v) is 4.59. The summed E-state index contributed by atoms with van der Waals surface area (Å²) >= 11 is 0. The molecular weight excluding hydrogens is 237 g/mol. The molecule has 0 aromatic carbocycles. The van der Waals surface area contributed by atoms with E-state index in [9.17, 15) is 13.2 Å². The van der Waals surface area contributed by atoms with Crippen molar-refractivity contribution in [2.24, 2.45) is 5.92 Å². The van der Waals surface area contributed by atoms with Crippen LogP contribution in [0.15, 0.2) is 36.0 Å². The third-order valence-corrected chi connectivity index (χ3v) is 2.38. The fourth-order valence-corrected chi connectivity index (χ4v) is 1.56. The van der Waals surface area contributed by atoms with E-state index in [0.717, 1.165) is 12.8 Å². The summed E-state index contributed by atoms with van der Waals surface area (Å²) in [6.45, 7) is 5.48. The molecule has 0 radical (unpaired) electrons. The van der Waals surface area contributed by atoms with Gasteiger partial charge >= 0.3 is 6.18 Å². The van der Waals surface area contributed by atoms with E-state index in [2.05, 4.69) is 0 Å². The van der Waals surface area contributed by atoms with Crippen molar-refractivity contribution >= 4 is 0 Å². The van der Waals surface area contributed by atoms with Gasteiger partial charge in [0.2, 0.25) is 0 Å². The van der Waals surface area contributed by atoms with E-state index >= 15 is 0 Å². The van der Waals surface area contributed by atoms with Crippen molar-refractivity contribution < 1.29 is 13.2 Å². The molecule has 0 N–H and O–H groups in total. The fourth-order valence-electron chi connectivity index (χ4n) is 1.56. The molecule has 0 nitrogen and oxygen atoms in total. The molecule has 0 amide bonds. The first-order chi connectivity index (χ1) is 8.38. The van der Waals surface area contributed by atoms with E-state index in [4.69, 9.17) is 0 Å². The molecule has 0 aromatic rings. The standard InChI is InChI=1S/C15H23F3/c1-4-5-6-7-8-9-10-11-14(12-13(2)3)15(16,17)18/h4-5,8-9,12-13H,6-7,10-11H2,1-3H3. The van der Waals surface area contributed by atoms with Gasteiger partial charge in [-0.15, -0.1) is 0 Å². The first-order valence-corrected chi connectivity index (χ1v) is 6.42. The number of alkyl halides is 3. The van der Waals surface area contributed by atoms with Crippen LogP contribution in [0.2, 0.25) is 0 Å². The topological polar surface area (TPSA) is 0 Å². The molecule has 0 spiro atoms. The zero-order chi connectivity index (χ0) is 14.0. The Morgan fingerprint density at radius 3 is 2.06 bits per heavy atom. The Kier molecular flexibility index (Phi) is 8.51. The quantitative estimate of drug-likeness (QED) is 0.399. The van der Waals surface area contributed by atoms with Crippen LogP contribution in [-0.2, 0) is 0 Å². The van der Waals surface area contributed by atoms with Crippen LogP contribution >= 0.6 is 0 Å². The third kappa shape index (κ3) is 9.08. The summed E-state index contributed by atoms with van der Waals surface area (Å²) in [6, 6.07) is 0. The molecule has 0 rings (SSSR count). The lowest BCUT2D eigenvalue weighted by molar-refractivity contribution is -0.0943. The van der Waals surface area contributed by atoms with Gasteiger partial charge in [-0.3, -0.25) is 0 Å². The summed E-state index contributed by atoms with van der Waals surface area (Å²) in [5.41, 5.74) is -0.407. The van der Waals surface area contributed by atoms with E-state index in [1.165, 1.54) is 6.08 Å². The van der Waals surface area contributed by atoms with Gasteiger partial charge in [-0.2, -0.15) is 13.2 Å². The largest absolute Gasteiger partial charge is 0.412 e. The average molecular weight is 260 g/mol. The summed E-state index contributed by atoms with van der Waals surface area (Å²) in [5, 5.41) is 0. The summed E-state index contributed by atoms with van der Waals surface area (Å²) in [5.74, 6) is -0.0692. The van der Waals surface area contributed by atoms with Crippen LogP contribution in [0.4, 0.5) is 13.2 Å². The summed E-state index contributed by atoms with van der Waals surface area (Å²) in [6.07, 6.45) is 7.28. The van der Waals surface area contributed by atoms with Gasteiger partial charge in [-0.05, 0) is 38.5 Å². The third-order valence-electron chi connectivity index (χ3n) is 2.38. The zero-order valence-electron chi connectivity index (χ0n) is 11.4. The molecule has 0 unspecified atom stereocenters. The number of unbranched alkanes of at least 4 members (excludes halogenated alkanes) is 1. The predicted molar refractivity (Wildman–Crippen MR) is 71.4 cm³/mol. The molecule has 0 saturated carbocycles. The van der Waals surface area contributed by atoms with Crippen LogP contribution in [0.25, 0.3) is 0 Å². The lowest BCUT2D eigenvalue weighted by Gasteiger charge is -2.12. The Hall–Kier alpha value is -0.990. The monoisotopic (exact) mass is 260 g/mol. The summed E-state index contributed by atoms with van der Waals surface area (Å²) in [7, 11) is 0. The number of hydrogen-bond acceptors (Lipinski definition) is 0. The van der Waals surface area contributed by atoms with E-state index in [-0.39, 0.29) is 12.3 Å². The molecule has 3 heteroatoms. The molecule has 0 aliphatic heterocycles. The van der Waals surface area contributed by atoms with Gasteiger partial charge in [-0.1, -0.05) is 44.2 Å². The normalized spacial score (nSPS) is 14.3. The van der Waals surface area contributed by atoms with Crippen LogP contribution in [0.1, 0.15) is 46.5 Å². The van der Waals surface area contributed by atoms with Gasteiger partial charge in [0.1, 0.15) is 0 Å². The van der Waals surface area contributed by atoms with Crippen LogP contribution in [0.3, 0.4) is 0 Å². The molecule has 0 heterocycles. The van der Waals surface area contributed by atoms with Crippen molar-refractivity contribution in [3.63, 3.8) is 0 Å². The van der Waals surface area contributed by atoms with Gasteiger partial charge in [0.25, 0.3) is 0 Å². The van der Waals surface area contributed by atoms with E-state index in [1.807, 2.05) is 31.2 Å². The minimum absolute atomic E-state index is 0.0692. The predicted octanol–water partition coefficient (Wildman–Crippen LogP) is 5.82. The minimum Gasteiger partial charge on any atom is -0.166 e. The SMILES string of the molecule is CC=CCCC=CCCC(=CC(C)C)C(F)(F)F. The van der Waals surface area contributed by atoms with Gasteiger partial charge in [0.15, 0.2) is 0 Å². The van der Waals surface area contributed by atoms with Gasteiger partial charge < -0.3 is 0 Å². The second kappa shape index (κ2) is 9.01. The molecule has 0 aliphatic carbocycles. The second-order valence-electron chi connectivity index (χ2n) is 4.59.